The zero-order valence-corrected chi connectivity index (χ0v) is 31.0. The quantitative estimate of drug-likeness (QED) is 0.154. The third kappa shape index (κ3) is 14.0. The van der Waals surface area contributed by atoms with E-state index in [9.17, 15) is 29.1 Å². The fraction of sp³-hybridized carbons (Fsp3) is 0.564. The van der Waals surface area contributed by atoms with Crippen LogP contribution in [0.5, 0.6) is 0 Å². The summed E-state index contributed by atoms with van der Waals surface area (Å²) in [4.78, 5) is 66.0. The first-order valence-electron chi connectivity index (χ1n) is 17.9. The van der Waals surface area contributed by atoms with Gasteiger partial charge < -0.3 is 36.4 Å². The first kappa shape index (κ1) is 41.0. The van der Waals surface area contributed by atoms with Gasteiger partial charge in [0, 0.05) is 18.4 Å². The lowest BCUT2D eigenvalue weighted by Crippen LogP contribution is -2.57. The molecule has 3 rings (SSSR count). The largest absolute Gasteiger partial charge is 0.445 e. The molecule has 1 saturated carbocycles. The standard InChI is InChI=1S/C39H57N5O7/c1-24(2)20-30(36(48)44-39(5,6)7)40-32(45)22-28-18-19-29(34(28)46)41-35(47)31(21-26-14-10-8-11-15-26)42-37(49)33(25(3)4)43-38(50)51-23-27-16-12-9-13-17-27/h8-17,24-25,28-31,33-34,46H,18-23H2,1-7H3,(H,40,45)(H,41,47)(H,42,49)(H,43,50)(H,44,48)/t28-,29-,30-,31-,33-,34-/m0/s1. The van der Waals surface area contributed by atoms with Gasteiger partial charge in [-0.2, -0.15) is 0 Å². The van der Waals surface area contributed by atoms with Crippen molar-refractivity contribution < 1.29 is 33.8 Å². The van der Waals surface area contributed by atoms with Crippen LogP contribution in [0, 0.1) is 17.8 Å². The van der Waals surface area contributed by atoms with Gasteiger partial charge in [-0.25, -0.2) is 4.79 Å². The summed E-state index contributed by atoms with van der Waals surface area (Å²) in [5.41, 5.74) is 1.15. The van der Waals surface area contributed by atoms with Crippen LogP contribution in [0.2, 0.25) is 0 Å². The summed E-state index contributed by atoms with van der Waals surface area (Å²) in [5, 5.41) is 25.3. The van der Waals surface area contributed by atoms with E-state index in [1.54, 1.807) is 13.8 Å². The fourth-order valence-corrected chi connectivity index (χ4v) is 6.13. The summed E-state index contributed by atoms with van der Waals surface area (Å²) < 4.78 is 5.33. The monoisotopic (exact) mass is 707 g/mol. The summed E-state index contributed by atoms with van der Waals surface area (Å²) in [6.07, 6.45) is -0.212. The van der Waals surface area contributed by atoms with Crippen LogP contribution in [0.25, 0.3) is 0 Å². The van der Waals surface area contributed by atoms with Crippen molar-refractivity contribution >= 4 is 29.7 Å². The number of hydrogen-bond donors (Lipinski definition) is 6. The summed E-state index contributed by atoms with van der Waals surface area (Å²) in [6.45, 7) is 13.2. The molecule has 51 heavy (non-hydrogen) atoms. The van der Waals surface area contributed by atoms with E-state index in [0.717, 1.165) is 11.1 Å². The maximum absolute atomic E-state index is 13.8. The molecule has 6 atom stereocenters. The summed E-state index contributed by atoms with van der Waals surface area (Å²) in [7, 11) is 0. The van der Waals surface area contributed by atoms with E-state index in [4.69, 9.17) is 4.74 Å². The second-order valence-electron chi connectivity index (χ2n) is 15.3. The molecule has 1 aliphatic rings. The van der Waals surface area contributed by atoms with Crippen LogP contribution in [0.3, 0.4) is 0 Å². The molecule has 0 spiro atoms. The number of aliphatic hydroxyl groups excluding tert-OH is 1. The molecular weight excluding hydrogens is 650 g/mol. The van der Waals surface area contributed by atoms with Crippen molar-refractivity contribution in [3.05, 3.63) is 71.8 Å². The molecule has 280 valence electrons. The lowest BCUT2D eigenvalue weighted by molar-refractivity contribution is -0.131. The average molecular weight is 708 g/mol. The van der Waals surface area contributed by atoms with Crippen molar-refractivity contribution in [3.8, 4) is 0 Å². The summed E-state index contributed by atoms with van der Waals surface area (Å²) in [6, 6.07) is 15.0. The minimum Gasteiger partial charge on any atom is -0.445 e. The normalized spacial score (nSPS) is 19.1. The number of hydrogen-bond acceptors (Lipinski definition) is 7. The molecule has 1 fully saturated rings. The zero-order valence-electron chi connectivity index (χ0n) is 31.0. The Hall–Kier alpha value is -4.45. The van der Waals surface area contributed by atoms with E-state index in [1.165, 1.54) is 0 Å². The lowest BCUT2D eigenvalue weighted by atomic mass is 9.98. The fourth-order valence-electron chi connectivity index (χ4n) is 6.13. The molecule has 0 heterocycles. The lowest BCUT2D eigenvalue weighted by Gasteiger charge is -2.28. The number of nitrogens with one attached hydrogen (secondary N) is 5. The predicted octanol–water partition coefficient (Wildman–Crippen LogP) is 3.76. The molecule has 12 nitrogen and oxygen atoms in total. The van der Waals surface area contributed by atoms with Crippen LogP contribution >= 0.6 is 0 Å². The third-order valence-corrected chi connectivity index (χ3v) is 8.73. The molecule has 0 radical (unpaired) electrons. The molecule has 6 N–H and O–H groups in total. The van der Waals surface area contributed by atoms with Gasteiger partial charge in [0.05, 0.1) is 12.1 Å². The van der Waals surface area contributed by atoms with E-state index in [1.807, 2.05) is 95.3 Å². The second kappa shape index (κ2) is 19.2. The summed E-state index contributed by atoms with van der Waals surface area (Å²) >= 11 is 0. The Balaban J connectivity index is 1.64. The number of ether oxygens (including phenoxy) is 1. The van der Waals surface area contributed by atoms with Gasteiger partial charge in [-0.15, -0.1) is 0 Å². The molecule has 0 saturated heterocycles. The van der Waals surface area contributed by atoms with E-state index in [0.29, 0.717) is 19.3 Å². The van der Waals surface area contributed by atoms with E-state index in [-0.39, 0.29) is 43.1 Å². The van der Waals surface area contributed by atoms with Crippen molar-refractivity contribution in [3.63, 3.8) is 0 Å². The van der Waals surface area contributed by atoms with Crippen LogP contribution < -0.4 is 26.6 Å². The Labute approximate surface area is 302 Å². The van der Waals surface area contributed by atoms with Crippen molar-refractivity contribution in [2.24, 2.45) is 17.8 Å². The Bertz CT molecular complexity index is 1440. The highest BCUT2D eigenvalue weighted by atomic mass is 16.5. The third-order valence-electron chi connectivity index (χ3n) is 8.73. The van der Waals surface area contributed by atoms with Gasteiger partial charge in [0.25, 0.3) is 0 Å². The molecule has 0 bridgehead atoms. The minimum absolute atomic E-state index is 0.00276. The number of benzene rings is 2. The molecule has 2 aromatic carbocycles. The molecule has 12 heteroatoms. The minimum atomic E-state index is -1.02. The Morgan fingerprint density at radius 2 is 1.39 bits per heavy atom. The van der Waals surface area contributed by atoms with Gasteiger partial charge in [-0.3, -0.25) is 19.2 Å². The van der Waals surface area contributed by atoms with Crippen LogP contribution in [0.1, 0.15) is 85.3 Å². The van der Waals surface area contributed by atoms with Gasteiger partial charge >= 0.3 is 6.09 Å². The highest BCUT2D eigenvalue weighted by molar-refractivity contribution is 5.92. The number of aliphatic hydroxyl groups is 1. The predicted molar refractivity (Wildman–Crippen MR) is 195 cm³/mol. The van der Waals surface area contributed by atoms with Crippen LogP contribution in [-0.2, 0) is 36.9 Å². The molecule has 1 aliphatic carbocycles. The van der Waals surface area contributed by atoms with Crippen molar-refractivity contribution in [2.75, 3.05) is 0 Å². The molecule has 2 aromatic rings. The number of rotatable bonds is 16. The highest BCUT2D eigenvalue weighted by Gasteiger charge is 2.39. The van der Waals surface area contributed by atoms with E-state index < -0.39 is 59.6 Å². The van der Waals surface area contributed by atoms with Gasteiger partial charge in [0.2, 0.25) is 23.6 Å². The average Bonchev–Trinajstić information content (AvgIpc) is 3.39. The van der Waals surface area contributed by atoms with Gasteiger partial charge in [0.1, 0.15) is 24.7 Å². The molecule has 0 aliphatic heterocycles. The van der Waals surface area contributed by atoms with Crippen LogP contribution in [0.15, 0.2) is 60.7 Å². The Morgan fingerprint density at radius 3 is 1.96 bits per heavy atom. The molecular formula is C39H57N5O7. The maximum Gasteiger partial charge on any atom is 0.408 e. The highest BCUT2D eigenvalue weighted by Crippen LogP contribution is 2.29. The van der Waals surface area contributed by atoms with Gasteiger partial charge in [-0.1, -0.05) is 88.4 Å². The Kier molecular flexibility index (Phi) is 15.5. The molecule has 5 amide bonds. The summed E-state index contributed by atoms with van der Waals surface area (Å²) in [5.74, 6) is -2.23. The topological polar surface area (TPSA) is 175 Å². The smallest absolute Gasteiger partial charge is 0.408 e. The van der Waals surface area contributed by atoms with Gasteiger partial charge in [0.15, 0.2) is 0 Å². The Morgan fingerprint density at radius 1 is 0.784 bits per heavy atom. The van der Waals surface area contributed by atoms with Crippen LogP contribution in [0.4, 0.5) is 4.79 Å². The SMILES string of the molecule is CC(C)C[C@H](NC(=O)C[C@@H]1CC[C@H](NC(=O)[C@H](Cc2ccccc2)NC(=O)[C@@H](NC(=O)OCc2ccccc2)C(C)C)[C@H]1O)C(=O)NC(C)(C)C. The number of alkyl carbamates (subject to hydrolysis) is 1. The van der Waals surface area contributed by atoms with E-state index >= 15 is 0 Å². The zero-order chi connectivity index (χ0) is 37.7. The van der Waals surface area contributed by atoms with Crippen molar-refractivity contribution in [1.29, 1.82) is 0 Å². The second-order valence-corrected chi connectivity index (χ2v) is 15.3. The van der Waals surface area contributed by atoms with Crippen molar-refractivity contribution in [1.82, 2.24) is 26.6 Å². The first-order valence-corrected chi connectivity index (χ1v) is 17.9. The molecule has 0 unspecified atom stereocenters. The first-order chi connectivity index (χ1) is 24.0. The van der Waals surface area contributed by atoms with Gasteiger partial charge in [-0.05, 0) is 68.9 Å². The van der Waals surface area contributed by atoms with Crippen molar-refractivity contribution in [2.45, 2.75) is 123 Å². The number of carbonyl (C=O) groups excluding carboxylic acids is 5. The van der Waals surface area contributed by atoms with Crippen LogP contribution in [-0.4, -0.2) is 70.6 Å². The number of amides is 5. The van der Waals surface area contributed by atoms with E-state index in [2.05, 4.69) is 26.6 Å². The molecule has 0 aromatic heterocycles. The number of carbonyl (C=O) groups is 5. The maximum atomic E-state index is 13.8.